The normalized spacial score (nSPS) is 11.9. The summed E-state index contributed by atoms with van der Waals surface area (Å²) in [6, 6.07) is 8.59. The molecule has 0 saturated carbocycles. The van der Waals surface area contributed by atoms with E-state index in [0.717, 1.165) is 16.7 Å². The predicted octanol–water partition coefficient (Wildman–Crippen LogP) is 3.71. The molecule has 0 bridgehead atoms. The van der Waals surface area contributed by atoms with Crippen molar-refractivity contribution < 1.29 is 8.78 Å². The quantitative estimate of drug-likeness (QED) is 0.389. The molecule has 9 nitrogen and oxygen atoms in total. The summed E-state index contributed by atoms with van der Waals surface area (Å²) in [5.41, 5.74) is 11.0. The van der Waals surface area contributed by atoms with Gasteiger partial charge in [0.25, 0.3) is 5.56 Å². The summed E-state index contributed by atoms with van der Waals surface area (Å²) in [4.78, 5) is 25.9. The molecule has 0 aliphatic carbocycles. The number of benzene rings is 2. The summed E-state index contributed by atoms with van der Waals surface area (Å²) in [6.45, 7) is 1.78. The number of hydrogen-bond donors (Lipinski definition) is 3. The molecule has 0 aliphatic heterocycles. The van der Waals surface area contributed by atoms with E-state index < -0.39 is 23.2 Å². The van der Waals surface area contributed by atoms with Crippen molar-refractivity contribution in [1.29, 1.82) is 5.26 Å². The van der Waals surface area contributed by atoms with Crippen molar-refractivity contribution in [2.24, 2.45) is 0 Å². The van der Waals surface area contributed by atoms with Gasteiger partial charge >= 0.3 is 0 Å². The van der Waals surface area contributed by atoms with E-state index in [0.29, 0.717) is 12.5 Å². The first-order chi connectivity index (χ1) is 16.2. The molecule has 34 heavy (non-hydrogen) atoms. The smallest absolute Gasteiger partial charge is 0.267 e. The molecule has 0 saturated heterocycles. The molecule has 1 atom stereocenters. The third-order valence-electron chi connectivity index (χ3n) is 5.08. The van der Waals surface area contributed by atoms with Gasteiger partial charge in [-0.25, -0.2) is 13.8 Å². The third kappa shape index (κ3) is 4.06. The van der Waals surface area contributed by atoms with E-state index in [1.165, 1.54) is 6.07 Å². The number of rotatable bonds is 5. The Labute approximate surface area is 196 Å². The van der Waals surface area contributed by atoms with Crippen LogP contribution in [0.4, 0.5) is 26.4 Å². The Hall–Kier alpha value is -4.30. The van der Waals surface area contributed by atoms with Gasteiger partial charge in [-0.3, -0.25) is 9.36 Å². The van der Waals surface area contributed by atoms with Crippen LogP contribution in [0.25, 0.3) is 16.6 Å². The van der Waals surface area contributed by atoms with Crippen molar-refractivity contribution in [2.75, 3.05) is 16.8 Å². The molecule has 2 aromatic heterocycles. The highest BCUT2D eigenvalue weighted by Gasteiger charge is 2.24. The van der Waals surface area contributed by atoms with Crippen molar-refractivity contribution >= 4 is 40.1 Å². The molecule has 4 aromatic rings. The first-order valence-corrected chi connectivity index (χ1v) is 10.4. The van der Waals surface area contributed by atoms with Crippen molar-refractivity contribution in [3.63, 3.8) is 0 Å². The number of nitrogen functional groups attached to an aromatic ring is 2. The molecule has 172 valence electrons. The van der Waals surface area contributed by atoms with Crippen LogP contribution in [0.1, 0.15) is 30.8 Å². The van der Waals surface area contributed by atoms with Crippen LogP contribution in [0.3, 0.4) is 0 Å². The van der Waals surface area contributed by atoms with E-state index in [4.69, 9.17) is 23.1 Å². The van der Waals surface area contributed by atoms with Gasteiger partial charge in [-0.15, -0.1) is 0 Å². The number of nitrogens with one attached hydrogen (secondary N) is 1. The number of aromatic nitrogens is 4. The lowest BCUT2D eigenvalue weighted by Gasteiger charge is -2.23. The Balaban J connectivity index is 2.01. The van der Waals surface area contributed by atoms with E-state index in [-0.39, 0.29) is 50.6 Å². The van der Waals surface area contributed by atoms with Gasteiger partial charge < -0.3 is 16.8 Å². The lowest BCUT2D eigenvalue weighted by molar-refractivity contribution is 0.578. The molecule has 5 N–H and O–H groups in total. The topological polar surface area (TPSA) is 149 Å². The second kappa shape index (κ2) is 8.92. The van der Waals surface area contributed by atoms with Crippen LogP contribution in [0.2, 0.25) is 5.02 Å². The number of fused-ring (bicyclic) bond motifs is 1. The fourth-order valence-corrected chi connectivity index (χ4v) is 3.83. The average molecular weight is 483 g/mol. The van der Waals surface area contributed by atoms with Gasteiger partial charge in [0.15, 0.2) is 5.82 Å². The highest BCUT2D eigenvalue weighted by molar-refractivity contribution is 6.35. The minimum atomic E-state index is -0.878. The maximum absolute atomic E-state index is 14.1. The molecule has 1 unspecified atom stereocenters. The predicted molar refractivity (Wildman–Crippen MR) is 124 cm³/mol. The van der Waals surface area contributed by atoms with Gasteiger partial charge in [-0.1, -0.05) is 24.6 Å². The zero-order valence-corrected chi connectivity index (χ0v) is 18.4. The molecule has 2 heterocycles. The highest BCUT2D eigenvalue weighted by atomic mass is 35.5. The van der Waals surface area contributed by atoms with E-state index in [1.807, 2.05) is 6.07 Å². The maximum Gasteiger partial charge on any atom is 0.267 e. The van der Waals surface area contributed by atoms with E-state index >= 15 is 0 Å². The average Bonchev–Trinajstić information content (AvgIpc) is 2.76. The van der Waals surface area contributed by atoms with E-state index in [2.05, 4.69) is 20.3 Å². The molecule has 0 amide bonds. The molecular weight excluding hydrogens is 466 g/mol. The summed E-state index contributed by atoms with van der Waals surface area (Å²) in [5.74, 6) is -1.93. The van der Waals surface area contributed by atoms with Crippen LogP contribution in [0.5, 0.6) is 0 Å². The van der Waals surface area contributed by atoms with Gasteiger partial charge in [-0.2, -0.15) is 15.2 Å². The first-order valence-electron chi connectivity index (χ1n) is 10.0. The van der Waals surface area contributed by atoms with Crippen LogP contribution in [0.15, 0.2) is 41.2 Å². The van der Waals surface area contributed by atoms with Crippen LogP contribution < -0.4 is 22.3 Å². The fourth-order valence-electron chi connectivity index (χ4n) is 3.58. The first kappa shape index (κ1) is 22.9. The lowest BCUT2D eigenvalue weighted by Crippen LogP contribution is -2.29. The number of nitrogens with two attached hydrogens (primary N) is 2. The zero-order valence-electron chi connectivity index (χ0n) is 17.7. The van der Waals surface area contributed by atoms with Crippen LogP contribution >= 0.6 is 11.6 Å². The summed E-state index contributed by atoms with van der Waals surface area (Å²) in [6.07, 6.45) is 0.324. The molecule has 0 aliphatic rings. The number of halogens is 3. The Morgan fingerprint density at radius 1 is 1.18 bits per heavy atom. The number of nitrogens with zero attached hydrogens (tertiary/aromatic N) is 5. The van der Waals surface area contributed by atoms with Gasteiger partial charge in [0.1, 0.15) is 34.9 Å². The summed E-state index contributed by atoms with van der Waals surface area (Å²) < 4.78 is 29.2. The minimum absolute atomic E-state index is 0.0248. The second-order valence-corrected chi connectivity index (χ2v) is 7.69. The van der Waals surface area contributed by atoms with Crippen molar-refractivity contribution in [1.82, 2.24) is 19.5 Å². The molecule has 0 spiro atoms. The van der Waals surface area contributed by atoms with Crippen molar-refractivity contribution in [2.45, 2.75) is 19.4 Å². The van der Waals surface area contributed by atoms with E-state index in [1.54, 1.807) is 19.1 Å². The Morgan fingerprint density at radius 2 is 1.88 bits per heavy atom. The summed E-state index contributed by atoms with van der Waals surface area (Å²) >= 11 is 6.26. The molecule has 12 heteroatoms. The Morgan fingerprint density at radius 3 is 2.53 bits per heavy atom. The number of hydrogen-bond acceptors (Lipinski definition) is 8. The SMILES string of the molecule is CCC(Nc1nc(N)nc(N)c1C#N)c1nc2cccc(Cl)c2c(=O)n1-c1cc(F)cc(F)c1. The standard InChI is InChI=1S/C22H17ClF2N8O/c1-2-15(29-19-13(9-26)18(27)31-22(28)32-19)20-30-16-5-3-4-14(23)17(16)21(34)33(20)12-7-10(24)6-11(25)8-12/h3-8,15H,2H2,1H3,(H5,27,28,29,31,32). The molecule has 2 aromatic carbocycles. The van der Waals surface area contributed by atoms with E-state index in [9.17, 15) is 18.8 Å². The van der Waals surface area contributed by atoms with Crippen LogP contribution in [0, 0.1) is 23.0 Å². The Kier molecular flexibility index (Phi) is 6.00. The minimum Gasteiger partial charge on any atom is -0.382 e. The summed E-state index contributed by atoms with van der Waals surface area (Å²) in [7, 11) is 0. The monoisotopic (exact) mass is 482 g/mol. The molecule has 4 rings (SSSR count). The number of anilines is 3. The summed E-state index contributed by atoms with van der Waals surface area (Å²) in [5, 5.41) is 12.7. The third-order valence-corrected chi connectivity index (χ3v) is 5.39. The van der Waals surface area contributed by atoms with Crippen molar-refractivity contribution in [3.05, 3.63) is 74.8 Å². The molecular formula is C22H17ClF2N8O. The van der Waals surface area contributed by atoms with Crippen LogP contribution in [-0.2, 0) is 0 Å². The molecule has 0 radical (unpaired) electrons. The Bertz CT molecular complexity index is 1510. The van der Waals surface area contributed by atoms with Crippen molar-refractivity contribution in [3.8, 4) is 11.8 Å². The fraction of sp³-hybridized carbons (Fsp3) is 0.136. The van der Waals surface area contributed by atoms with Gasteiger partial charge in [0.2, 0.25) is 5.95 Å². The van der Waals surface area contributed by atoms with Crippen LogP contribution in [-0.4, -0.2) is 19.5 Å². The maximum atomic E-state index is 14.1. The van der Waals surface area contributed by atoms with Gasteiger partial charge in [0, 0.05) is 6.07 Å². The lowest BCUT2D eigenvalue weighted by atomic mass is 10.1. The van der Waals surface area contributed by atoms with Gasteiger partial charge in [0.05, 0.1) is 27.7 Å². The highest BCUT2D eigenvalue weighted by Crippen LogP contribution is 2.28. The zero-order chi connectivity index (χ0) is 24.6. The second-order valence-electron chi connectivity index (χ2n) is 7.28. The van der Waals surface area contributed by atoms with Gasteiger partial charge in [-0.05, 0) is 30.7 Å². The largest absolute Gasteiger partial charge is 0.382 e. The molecule has 0 fully saturated rings. The number of nitriles is 1.